The summed E-state index contributed by atoms with van der Waals surface area (Å²) in [7, 11) is -2.21. The Labute approximate surface area is 248 Å². The molecule has 0 N–H and O–H groups in total. The van der Waals surface area contributed by atoms with E-state index in [0.717, 1.165) is 53.1 Å². The minimum absolute atomic E-state index is 0.00359. The standard InChI is InChI=1S/C33H45F4NO3Si/c1-19(2)28-26-27(25-23(38-28)17-31(6,7)18-24(25)41-42(8,9)30(3,4)5)32(12-14-39-15-13-32)40-29(26)20-10-11-21(22(34)16-20)33(35,36)37/h10-11,16,19,24,29H,12-15,17-18H2,1-9H3. The average molecular weight is 608 g/mol. The lowest BCUT2D eigenvalue weighted by atomic mass is 9.70. The van der Waals surface area contributed by atoms with Crippen LogP contribution in [0.3, 0.4) is 0 Å². The van der Waals surface area contributed by atoms with Crippen molar-refractivity contribution < 1.29 is 31.5 Å². The van der Waals surface area contributed by atoms with Crippen LogP contribution in [0.1, 0.15) is 125 Å². The summed E-state index contributed by atoms with van der Waals surface area (Å²) in [4.78, 5) is 5.31. The van der Waals surface area contributed by atoms with Gasteiger partial charge in [0.25, 0.3) is 0 Å². The summed E-state index contributed by atoms with van der Waals surface area (Å²) in [5.74, 6) is -1.27. The fourth-order valence-electron chi connectivity index (χ4n) is 6.70. The lowest BCUT2D eigenvalue weighted by molar-refractivity contribution is -0.140. The van der Waals surface area contributed by atoms with E-state index in [-0.39, 0.29) is 22.5 Å². The molecule has 1 fully saturated rings. The Kier molecular flexibility index (Phi) is 7.81. The topological polar surface area (TPSA) is 40.6 Å². The molecule has 0 amide bonds. The zero-order valence-corrected chi connectivity index (χ0v) is 27.4. The molecule has 4 nitrogen and oxygen atoms in total. The molecule has 2 atom stereocenters. The van der Waals surface area contributed by atoms with Crippen LogP contribution in [0, 0.1) is 11.2 Å². The third kappa shape index (κ3) is 5.48. The predicted octanol–water partition coefficient (Wildman–Crippen LogP) is 9.52. The van der Waals surface area contributed by atoms with Gasteiger partial charge in [-0.2, -0.15) is 13.2 Å². The fraction of sp³-hybridized carbons (Fsp3) is 0.667. The van der Waals surface area contributed by atoms with Crippen LogP contribution in [0.15, 0.2) is 18.2 Å². The highest BCUT2D eigenvalue weighted by Crippen LogP contribution is 2.59. The van der Waals surface area contributed by atoms with Crippen molar-refractivity contribution >= 4 is 8.32 Å². The number of ether oxygens (including phenoxy) is 2. The minimum atomic E-state index is -4.77. The van der Waals surface area contributed by atoms with Crippen LogP contribution in [-0.2, 0) is 32.1 Å². The Morgan fingerprint density at radius 3 is 2.24 bits per heavy atom. The number of rotatable bonds is 4. The second kappa shape index (κ2) is 10.4. The molecule has 3 aliphatic rings. The fourth-order valence-corrected chi connectivity index (χ4v) is 7.96. The van der Waals surface area contributed by atoms with Gasteiger partial charge in [-0.15, -0.1) is 0 Å². The molecule has 2 aromatic rings. The number of hydrogen-bond donors (Lipinski definition) is 0. The first-order valence-electron chi connectivity index (χ1n) is 15.1. The van der Waals surface area contributed by atoms with Gasteiger partial charge in [-0.3, -0.25) is 4.98 Å². The number of halogens is 4. The number of pyridine rings is 1. The second-order valence-electron chi connectivity index (χ2n) is 15.1. The molecule has 3 heterocycles. The van der Waals surface area contributed by atoms with Gasteiger partial charge < -0.3 is 13.9 Å². The first kappa shape index (κ1) is 31.6. The number of hydrogen-bond acceptors (Lipinski definition) is 4. The molecular formula is C33H45F4NO3Si. The zero-order chi connectivity index (χ0) is 31.0. The van der Waals surface area contributed by atoms with Gasteiger partial charge >= 0.3 is 6.18 Å². The summed E-state index contributed by atoms with van der Waals surface area (Å²) in [5, 5.41) is -0.00359. The van der Waals surface area contributed by atoms with E-state index in [1.807, 2.05) is 0 Å². The van der Waals surface area contributed by atoms with E-state index in [0.29, 0.717) is 31.6 Å². The maximum absolute atomic E-state index is 15.0. The second-order valence-corrected chi connectivity index (χ2v) is 19.8. The quantitative estimate of drug-likeness (QED) is 0.256. The van der Waals surface area contributed by atoms with Crippen molar-refractivity contribution in [2.45, 2.75) is 122 Å². The van der Waals surface area contributed by atoms with Crippen LogP contribution < -0.4 is 0 Å². The minimum Gasteiger partial charge on any atom is -0.410 e. The molecule has 1 aromatic heterocycles. The third-order valence-corrected chi connectivity index (χ3v) is 14.3. The van der Waals surface area contributed by atoms with Gasteiger partial charge in [-0.25, -0.2) is 4.39 Å². The normalized spacial score (nSPS) is 23.8. The van der Waals surface area contributed by atoms with Gasteiger partial charge in [0.2, 0.25) is 0 Å². The van der Waals surface area contributed by atoms with Crippen molar-refractivity contribution in [3.8, 4) is 0 Å². The summed E-state index contributed by atoms with van der Waals surface area (Å²) >= 11 is 0. The molecular weight excluding hydrogens is 562 g/mol. The molecule has 0 saturated carbocycles. The molecule has 1 saturated heterocycles. The van der Waals surface area contributed by atoms with E-state index >= 15 is 0 Å². The van der Waals surface area contributed by atoms with Gasteiger partial charge in [0.15, 0.2) is 8.32 Å². The largest absolute Gasteiger partial charge is 0.419 e. The SMILES string of the molecule is CC(C)c1nc2c(c3c1C(c1ccc(C(F)(F)F)c(F)c1)OC31CCOCC1)C(O[Si](C)(C)C(C)(C)C)CC(C)(C)C2. The van der Waals surface area contributed by atoms with Crippen LogP contribution >= 0.6 is 0 Å². The van der Waals surface area contributed by atoms with E-state index in [1.54, 1.807) is 0 Å². The number of benzene rings is 1. The van der Waals surface area contributed by atoms with E-state index in [9.17, 15) is 17.6 Å². The summed E-state index contributed by atoms with van der Waals surface area (Å²) in [6.45, 7) is 20.9. The van der Waals surface area contributed by atoms with Crippen molar-refractivity contribution in [3.05, 3.63) is 63.2 Å². The highest BCUT2D eigenvalue weighted by Gasteiger charge is 2.54. The van der Waals surface area contributed by atoms with Gasteiger partial charge in [0, 0.05) is 48.6 Å². The molecule has 1 spiro atoms. The Hall–Kier alpha value is -1.81. The summed E-state index contributed by atoms with van der Waals surface area (Å²) in [5.41, 5.74) is 3.23. The van der Waals surface area contributed by atoms with E-state index < -0.39 is 37.6 Å². The van der Waals surface area contributed by atoms with Crippen molar-refractivity contribution in [1.29, 1.82) is 0 Å². The number of fused-ring (bicyclic) bond motifs is 4. The lowest BCUT2D eigenvalue weighted by Crippen LogP contribution is -2.45. The van der Waals surface area contributed by atoms with Crippen LogP contribution in [0.5, 0.6) is 0 Å². The molecule has 1 aliphatic carbocycles. The molecule has 9 heteroatoms. The molecule has 42 heavy (non-hydrogen) atoms. The monoisotopic (exact) mass is 607 g/mol. The van der Waals surface area contributed by atoms with E-state index in [4.69, 9.17) is 18.9 Å². The van der Waals surface area contributed by atoms with Gasteiger partial charge in [0.1, 0.15) is 11.9 Å². The molecule has 2 unspecified atom stereocenters. The lowest BCUT2D eigenvalue weighted by Gasteiger charge is -2.46. The molecule has 0 radical (unpaired) electrons. The van der Waals surface area contributed by atoms with Gasteiger partial charge in [-0.1, -0.05) is 54.5 Å². The Morgan fingerprint density at radius 2 is 1.69 bits per heavy atom. The Morgan fingerprint density at radius 1 is 1.05 bits per heavy atom. The number of alkyl halides is 3. The van der Waals surface area contributed by atoms with E-state index in [1.165, 1.54) is 6.07 Å². The molecule has 5 rings (SSSR count). The van der Waals surface area contributed by atoms with Crippen LogP contribution in [-0.4, -0.2) is 26.5 Å². The van der Waals surface area contributed by atoms with Gasteiger partial charge in [0.05, 0.1) is 17.3 Å². The molecule has 2 aliphatic heterocycles. The smallest absolute Gasteiger partial charge is 0.410 e. The molecule has 1 aromatic carbocycles. The Balaban J connectivity index is 1.78. The average Bonchev–Trinajstić information content (AvgIpc) is 3.15. The first-order chi connectivity index (χ1) is 19.3. The summed E-state index contributed by atoms with van der Waals surface area (Å²) in [6.07, 6.45) is -2.89. The summed E-state index contributed by atoms with van der Waals surface area (Å²) < 4.78 is 75.3. The van der Waals surface area contributed by atoms with Crippen LogP contribution in [0.4, 0.5) is 17.6 Å². The predicted molar refractivity (Wildman–Crippen MR) is 158 cm³/mol. The zero-order valence-electron chi connectivity index (χ0n) is 26.4. The Bertz CT molecular complexity index is 1360. The van der Waals surface area contributed by atoms with Crippen molar-refractivity contribution in [2.75, 3.05) is 13.2 Å². The van der Waals surface area contributed by atoms with E-state index in [2.05, 4.69) is 61.6 Å². The highest BCUT2D eigenvalue weighted by atomic mass is 28.4. The van der Waals surface area contributed by atoms with Crippen LogP contribution in [0.2, 0.25) is 18.1 Å². The maximum atomic E-state index is 15.0. The highest BCUT2D eigenvalue weighted by molar-refractivity contribution is 6.74. The maximum Gasteiger partial charge on any atom is 0.419 e. The molecule has 232 valence electrons. The van der Waals surface area contributed by atoms with Crippen molar-refractivity contribution in [1.82, 2.24) is 4.98 Å². The van der Waals surface area contributed by atoms with Crippen molar-refractivity contribution in [3.63, 3.8) is 0 Å². The third-order valence-electron chi connectivity index (χ3n) is 9.84. The van der Waals surface area contributed by atoms with Gasteiger partial charge in [-0.05, 0) is 65.6 Å². The van der Waals surface area contributed by atoms with Crippen LogP contribution in [0.25, 0.3) is 0 Å². The molecule has 0 bridgehead atoms. The summed E-state index contributed by atoms with van der Waals surface area (Å²) in [6, 6.07) is 3.18. The first-order valence-corrected chi connectivity index (χ1v) is 18.0. The number of nitrogens with zero attached hydrogens (tertiary/aromatic N) is 1. The van der Waals surface area contributed by atoms with Crippen molar-refractivity contribution in [2.24, 2.45) is 5.41 Å². The number of aromatic nitrogens is 1.